The Balaban J connectivity index is 1.61. The average Bonchev–Trinajstić information content (AvgIpc) is 2.78. The van der Waals surface area contributed by atoms with Crippen molar-refractivity contribution in [3.8, 4) is 0 Å². The van der Waals surface area contributed by atoms with Gasteiger partial charge in [-0.05, 0) is 80.6 Å². The van der Waals surface area contributed by atoms with Crippen molar-refractivity contribution in [2.45, 2.75) is 45.1 Å². The summed E-state index contributed by atoms with van der Waals surface area (Å²) in [5.74, 6) is -0.783. The SMILES string of the molecule is CC(=O)c1ccc(NC(=O)[C@H](C)OC(=O)c2ccc(S(=O)(=O)N3C[C@H](C)C[C@H](C)C3)cc2)cc1. The number of Topliss-reactive ketones (excluding diaryl/α,β-unsaturated/α-hetero) is 1. The zero-order valence-electron chi connectivity index (χ0n) is 19.8. The molecule has 0 unspecified atom stereocenters. The Morgan fingerprint density at radius 3 is 2.00 bits per heavy atom. The highest BCUT2D eigenvalue weighted by atomic mass is 32.2. The first-order chi connectivity index (χ1) is 16.0. The lowest BCUT2D eigenvalue weighted by atomic mass is 9.94. The Morgan fingerprint density at radius 1 is 0.941 bits per heavy atom. The van der Waals surface area contributed by atoms with Crippen LogP contribution in [0.15, 0.2) is 53.4 Å². The third-order valence-corrected chi connectivity index (χ3v) is 7.62. The molecule has 1 heterocycles. The minimum atomic E-state index is -3.65. The fraction of sp³-hybridized carbons (Fsp3) is 0.400. The lowest BCUT2D eigenvalue weighted by molar-refractivity contribution is -0.123. The third kappa shape index (κ3) is 6.09. The van der Waals surface area contributed by atoms with Gasteiger partial charge in [-0.2, -0.15) is 4.31 Å². The van der Waals surface area contributed by atoms with Crippen LogP contribution in [-0.2, 0) is 19.6 Å². The molecule has 0 saturated carbocycles. The molecule has 1 amide bonds. The van der Waals surface area contributed by atoms with E-state index in [2.05, 4.69) is 5.32 Å². The standard InChI is InChI=1S/C25H30N2O6S/c1-16-13-17(2)15-27(14-16)34(31,32)23-11-7-21(8-12-23)25(30)33-19(4)24(29)26-22-9-5-20(6-10-22)18(3)28/h5-12,16-17,19H,13-15H2,1-4H3,(H,26,29)/t16-,17+,19-/m0/s1. The van der Waals surface area contributed by atoms with Gasteiger partial charge in [-0.3, -0.25) is 9.59 Å². The Kier molecular flexibility index (Phi) is 7.89. The maximum absolute atomic E-state index is 13.0. The van der Waals surface area contributed by atoms with Gasteiger partial charge in [0.2, 0.25) is 10.0 Å². The van der Waals surface area contributed by atoms with Gasteiger partial charge in [-0.15, -0.1) is 0 Å². The van der Waals surface area contributed by atoms with E-state index in [1.807, 2.05) is 13.8 Å². The molecule has 0 radical (unpaired) electrons. The zero-order valence-corrected chi connectivity index (χ0v) is 20.6. The number of esters is 1. The smallest absolute Gasteiger partial charge is 0.338 e. The van der Waals surface area contributed by atoms with Gasteiger partial charge in [-0.1, -0.05) is 13.8 Å². The molecule has 1 aliphatic heterocycles. The van der Waals surface area contributed by atoms with E-state index in [1.54, 1.807) is 24.3 Å². The minimum absolute atomic E-state index is 0.0842. The van der Waals surface area contributed by atoms with Gasteiger partial charge in [-0.25, -0.2) is 13.2 Å². The number of amides is 1. The number of rotatable bonds is 7. The number of benzene rings is 2. The Labute approximate surface area is 200 Å². The van der Waals surface area contributed by atoms with Gasteiger partial charge in [0.15, 0.2) is 11.9 Å². The van der Waals surface area contributed by atoms with Gasteiger partial charge >= 0.3 is 5.97 Å². The van der Waals surface area contributed by atoms with Gasteiger partial charge < -0.3 is 10.1 Å². The molecule has 0 aromatic heterocycles. The topological polar surface area (TPSA) is 110 Å². The van der Waals surface area contributed by atoms with Crippen molar-refractivity contribution in [1.29, 1.82) is 0 Å². The molecule has 2 aromatic carbocycles. The molecule has 182 valence electrons. The van der Waals surface area contributed by atoms with E-state index in [9.17, 15) is 22.8 Å². The van der Waals surface area contributed by atoms with Crippen molar-refractivity contribution >= 4 is 33.4 Å². The van der Waals surface area contributed by atoms with Crippen LogP contribution in [0.5, 0.6) is 0 Å². The normalized spacial score (nSPS) is 19.8. The number of anilines is 1. The molecule has 2 aromatic rings. The number of carbonyl (C=O) groups is 3. The van der Waals surface area contributed by atoms with Crippen molar-refractivity contribution in [3.63, 3.8) is 0 Å². The molecule has 1 fully saturated rings. The number of piperidine rings is 1. The van der Waals surface area contributed by atoms with Crippen molar-refractivity contribution < 1.29 is 27.5 Å². The monoisotopic (exact) mass is 486 g/mol. The number of carbonyl (C=O) groups excluding carboxylic acids is 3. The number of hydrogen-bond donors (Lipinski definition) is 1. The molecule has 3 atom stereocenters. The summed E-state index contributed by atoms with van der Waals surface area (Å²) >= 11 is 0. The highest BCUT2D eigenvalue weighted by molar-refractivity contribution is 7.89. The molecule has 3 rings (SSSR count). The summed E-state index contributed by atoms with van der Waals surface area (Å²) in [4.78, 5) is 36.3. The van der Waals surface area contributed by atoms with E-state index >= 15 is 0 Å². The van der Waals surface area contributed by atoms with Crippen molar-refractivity contribution in [2.24, 2.45) is 11.8 Å². The number of ketones is 1. The van der Waals surface area contributed by atoms with Gasteiger partial charge in [0.05, 0.1) is 10.5 Å². The summed E-state index contributed by atoms with van der Waals surface area (Å²) in [6, 6.07) is 11.9. The third-order valence-electron chi connectivity index (χ3n) is 5.78. The molecule has 8 nitrogen and oxygen atoms in total. The molecule has 1 N–H and O–H groups in total. The van der Waals surface area contributed by atoms with Crippen molar-refractivity contribution in [3.05, 3.63) is 59.7 Å². The summed E-state index contributed by atoms with van der Waals surface area (Å²) in [5, 5.41) is 2.62. The molecule has 1 aliphatic rings. The number of sulfonamides is 1. The van der Waals surface area contributed by atoms with Gasteiger partial charge in [0.1, 0.15) is 0 Å². The number of nitrogens with one attached hydrogen (secondary N) is 1. The van der Waals surface area contributed by atoms with Crippen LogP contribution in [0.2, 0.25) is 0 Å². The Morgan fingerprint density at radius 2 is 1.47 bits per heavy atom. The van der Waals surface area contributed by atoms with Crippen LogP contribution in [-0.4, -0.2) is 49.6 Å². The molecule has 0 aliphatic carbocycles. The van der Waals surface area contributed by atoms with Crippen molar-refractivity contribution in [1.82, 2.24) is 4.31 Å². The fourth-order valence-electron chi connectivity index (χ4n) is 4.03. The molecule has 0 spiro atoms. The lowest BCUT2D eigenvalue weighted by Gasteiger charge is -2.34. The van der Waals surface area contributed by atoms with Gasteiger partial charge in [0.25, 0.3) is 5.91 Å². The van der Waals surface area contributed by atoms with Crippen LogP contribution < -0.4 is 5.32 Å². The molecule has 9 heteroatoms. The van der Waals surface area contributed by atoms with Crippen LogP contribution in [0.4, 0.5) is 5.69 Å². The number of hydrogen-bond acceptors (Lipinski definition) is 6. The molecular formula is C25H30N2O6S. The molecule has 0 bridgehead atoms. The van der Waals surface area contributed by atoms with E-state index in [-0.39, 0.29) is 28.1 Å². The largest absolute Gasteiger partial charge is 0.449 e. The van der Waals surface area contributed by atoms with Crippen LogP contribution in [0.1, 0.15) is 54.8 Å². The predicted molar refractivity (Wildman–Crippen MR) is 128 cm³/mol. The molecule has 34 heavy (non-hydrogen) atoms. The van der Waals surface area contributed by atoms with Crippen LogP contribution in [0.25, 0.3) is 0 Å². The Bertz CT molecular complexity index is 1150. The van der Waals surface area contributed by atoms with Crippen LogP contribution in [0, 0.1) is 11.8 Å². The van der Waals surface area contributed by atoms with E-state index < -0.39 is 28.0 Å². The summed E-state index contributed by atoms with van der Waals surface area (Å²) in [6.07, 6.45) is -0.0912. The second kappa shape index (κ2) is 10.5. The highest BCUT2D eigenvalue weighted by Gasteiger charge is 2.31. The molecular weight excluding hydrogens is 456 g/mol. The average molecular weight is 487 g/mol. The minimum Gasteiger partial charge on any atom is -0.449 e. The summed E-state index contributed by atoms with van der Waals surface area (Å²) < 4.78 is 32.7. The summed E-state index contributed by atoms with van der Waals surface area (Å²) in [7, 11) is -3.65. The number of nitrogens with zero attached hydrogens (tertiary/aromatic N) is 1. The highest BCUT2D eigenvalue weighted by Crippen LogP contribution is 2.27. The first-order valence-electron chi connectivity index (χ1n) is 11.2. The van der Waals surface area contributed by atoms with E-state index in [4.69, 9.17) is 4.74 Å². The van der Waals surface area contributed by atoms with Gasteiger partial charge in [0, 0.05) is 24.3 Å². The predicted octanol–water partition coefficient (Wildman–Crippen LogP) is 3.74. The second-order valence-electron chi connectivity index (χ2n) is 8.96. The molecule has 1 saturated heterocycles. The number of ether oxygens (including phenoxy) is 1. The van der Waals surface area contributed by atoms with E-state index in [0.29, 0.717) is 24.3 Å². The summed E-state index contributed by atoms with van der Waals surface area (Å²) in [5.41, 5.74) is 1.13. The van der Waals surface area contributed by atoms with Crippen molar-refractivity contribution in [2.75, 3.05) is 18.4 Å². The lowest BCUT2D eigenvalue weighted by Crippen LogP contribution is -2.42. The fourth-order valence-corrected chi connectivity index (χ4v) is 5.71. The maximum Gasteiger partial charge on any atom is 0.338 e. The van der Waals surface area contributed by atoms with Crippen LogP contribution in [0.3, 0.4) is 0 Å². The second-order valence-corrected chi connectivity index (χ2v) is 10.9. The van der Waals surface area contributed by atoms with E-state index in [1.165, 1.54) is 42.4 Å². The van der Waals surface area contributed by atoms with E-state index in [0.717, 1.165) is 6.42 Å². The summed E-state index contributed by atoms with van der Waals surface area (Å²) in [6.45, 7) is 7.91. The Hall–Kier alpha value is -3.04. The first kappa shape index (κ1) is 25.6. The zero-order chi connectivity index (χ0) is 25.0. The van der Waals surface area contributed by atoms with Crippen LogP contribution >= 0.6 is 0 Å². The first-order valence-corrected chi connectivity index (χ1v) is 12.6. The maximum atomic E-state index is 13.0. The quantitative estimate of drug-likeness (QED) is 0.472.